The summed E-state index contributed by atoms with van der Waals surface area (Å²) in [5.41, 5.74) is 2.66. The molecule has 0 bridgehead atoms. The molecule has 0 spiro atoms. The van der Waals surface area contributed by atoms with E-state index in [1.165, 1.54) is 11.1 Å². The van der Waals surface area contributed by atoms with Gasteiger partial charge in [0, 0.05) is 19.5 Å². The van der Waals surface area contributed by atoms with Gasteiger partial charge in [-0.25, -0.2) is 0 Å². The lowest BCUT2D eigenvalue weighted by Gasteiger charge is -2.30. The molecule has 1 heterocycles. The maximum atomic E-state index is 12.4. The van der Waals surface area contributed by atoms with E-state index in [2.05, 4.69) is 23.5 Å². The first-order valence-corrected chi connectivity index (χ1v) is 8.89. The van der Waals surface area contributed by atoms with Crippen LogP contribution < -0.4 is 5.32 Å². The third kappa shape index (κ3) is 3.96. The lowest BCUT2D eigenvalue weighted by Crippen LogP contribution is -2.50. The van der Waals surface area contributed by atoms with Crippen molar-refractivity contribution in [2.45, 2.75) is 44.6 Å². The lowest BCUT2D eigenvalue weighted by atomic mass is 9.81. The molecule has 1 aliphatic carbocycles. The van der Waals surface area contributed by atoms with Crippen LogP contribution in [0.4, 0.5) is 0 Å². The summed E-state index contributed by atoms with van der Waals surface area (Å²) in [7, 11) is 0. The summed E-state index contributed by atoms with van der Waals surface area (Å²) < 4.78 is 5.26. The number of aryl methyl sites for hydroxylation is 1. The smallest absolute Gasteiger partial charge is 0.245 e. The van der Waals surface area contributed by atoms with Crippen LogP contribution in [0.1, 0.15) is 43.2 Å². The molecule has 5 heteroatoms. The van der Waals surface area contributed by atoms with Gasteiger partial charge in [0.1, 0.15) is 6.04 Å². The van der Waals surface area contributed by atoms with Gasteiger partial charge in [0.25, 0.3) is 0 Å². The van der Waals surface area contributed by atoms with Gasteiger partial charge in [-0.1, -0.05) is 24.3 Å². The minimum atomic E-state index is -0.477. The molecule has 24 heavy (non-hydrogen) atoms. The van der Waals surface area contributed by atoms with Crippen molar-refractivity contribution in [3.05, 3.63) is 35.4 Å². The Balaban J connectivity index is 1.55. The zero-order valence-corrected chi connectivity index (χ0v) is 14.3. The molecule has 2 atom stereocenters. The molecule has 1 saturated heterocycles. The van der Waals surface area contributed by atoms with Crippen molar-refractivity contribution in [3.8, 4) is 0 Å². The number of ether oxygens (including phenoxy) is 1. The fourth-order valence-electron chi connectivity index (χ4n) is 3.71. The Kier molecular flexibility index (Phi) is 5.51. The number of hydrogen-bond donors (Lipinski definition) is 1. The molecule has 0 aromatic heterocycles. The molecule has 1 aromatic rings. The first-order valence-electron chi connectivity index (χ1n) is 8.89. The van der Waals surface area contributed by atoms with Crippen LogP contribution in [-0.2, 0) is 20.7 Å². The Morgan fingerprint density at radius 3 is 2.83 bits per heavy atom. The summed E-state index contributed by atoms with van der Waals surface area (Å²) in [6, 6.07) is 7.91. The highest BCUT2D eigenvalue weighted by Crippen LogP contribution is 2.33. The Morgan fingerprint density at radius 1 is 1.29 bits per heavy atom. The van der Waals surface area contributed by atoms with Gasteiger partial charge in [-0.2, -0.15) is 0 Å². The van der Waals surface area contributed by atoms with Gasteiger partial charge < -0.3 is 15.0 Å². The van der Waals surface area contributed by atoms with Crippen LogP contribution in [0.15, 0.2) is 24.3 Å². The van der Waals surface area contributed by atoms with Crippen molar-refractivity contribution in [2.24, 2.45) is 0 Å². The molecular weight excluding hydrogens is 304 g/mol. The van der Waals surface area contributed by atoms with Crippen molar-refractivity contribution in [1.29, 1.82) is 0 Å². The Labute approximate surface area is 143 Å². The molecule has 5 nitrogen and oxygen atoms in total. The summed E-state index contributed by atoms with van der Waals surface area (Å²) in [5.74, 6) is 0.210. The Morgan fingerprint density at radius 2 is 2.04 bits per heavy atom. The number of fused-ring (bicyclic) bond motifs is 1. The highest BCUT2D eigenvalue weighted by Gasteiger charge is 2.26. The van der Waals surface area contributed by atoms with Crippen molar-refractivity contribution < 1.29 is 14.3 Å². The molecule has 1 N–H and O–H groups in total. The summed E-state index contributed by atoms with van der Waals surface area (Å²) in [5, 5.41) is 2.88. The van der Waals surface area contributed by atoms with Crippen LogP contribution in [-0.4, -0.2) is 49.1 Å². The predicted octanol–water partition coefficient (Wildman–Crippen LogP) is 1.86. The fourth-order valence-corrected chi connectivity index (χ4v) is 3.71. The topological polar surface area (TPSA) is 58.6 Å². The van der Waals surface area contributed by atoms with Crippen LogP contribution in [0.5, 0.6) is 0 Å². The third-order valence-corrected chi connectivity index (χ3v) is 5.00. The first-order chi connectivity index (χ1) is 11.6. The van der Waals surface area contributed by atoms with Crippen LogP contribution in [0.3, 0.4) is 0 Å². The SMILES string of the molecule is C[C@@H](NC(=O)C[C@@H]1CCCc2ccccc21)C(=O)N1CCOCC1. The lowest BCUT2D eigenvalue weighted by molar-refractivity contribution is -0.139. The molecule has 0 unspecified atom stereocenters. The molecule has 3 rings (SSSR count). The molecule has 0 radical (unpaired) electrons. The molecule has 130 valence electrons. The number of nitrogens with one attached hydrogen (secondary N) is 1. The zero-order valence-electron chi connectivity index (χ0n) is 14.3. The van der Waals surface area contributed by atoms with E-state index in [1.54, 1.807) is 11.8 Å². The van der Waals surface area contributed by atoms with Gasteiger partial charge in [-0.15, -0.1) is 0 Å². The van der Waals surface area contributed by atoms with E-state index < -0.39 is 6.04 Å². The number of carbonyl (C=O) groups excluding carboxylic acids is 2. The number of morpholine rings is 1. The van der Waals surface area contributed by atoms with E-state index in [4.69, 9.17) is 4.74 Å². The Hall–Kier alpha value is -1.88. The molecule has 1 fully saturated rings. The third-order valence-electron chi connectivity index (χ3n) is 5.00. The van der Waals surface area contributed by atoms with Crippen molar-refractivity contribution >= 4 is 11.8 Å². The number of hydrogen-bond acceptors (Lipinski definition) is 3. The highest BCUT2D eigenvalue weighted by atomic mass is 16.5. The largest absolute Gasteiger partial charge is 0.378 e. The standard InChI is InChI=1S/C19H26N2O3/c1-14(19(23)21-9-11-24-12-10-21)20-18(22)13-16-7-4-6-15-5-2-3-8-17(15)16/h2-3,5,8,14,16H,4,6-7,9-13H2,1H3,(H,20,22)/t14-,16+/m1/s1. The second-order valence-corrected chi connectivity index (χ2v) is 6.72. The molecule has 2 amide bonds. The minimum Gasteiger partial charge on any atom is -0.378 e. The number of amides is 2. The van der Waals surface area contributed by atoms with Crippen LogP contribution in [0.2, 0.25) is 0 Å². The van der Waals surface area contributed by atoms with Crippen molar-refractivity contribution in [2.75, 3.05) is 26.3 Å². The van der Waals surface area contributed by atoms with Gasteiger partial charge in [-0.3, -0.25) is 9.59 Å². The van der Waals surface area contributed by atoms with Gasteiger partial charge >= 0.3 is 0 Å². The van der Waals surface area contributed by atoms with Crippen LogP contribution >= 0.6 is 0 Å². The van der Waals surface area contributed by atoms with Gasteiger partial charge in [0.2, 0.25) is 11.8 Å². The normalized spacial score (nSPS) is 21.7. The van der Waals surface area contributed by atoms with Gasteiger partial charge in [0.15, 0.2) is 0 Å². The fraction of sp³-hybridized carbons (Fsp3) is 0.579. The summed E-state index contributed by atoms with van der Waals surface area (Å²) in [6.07, 6.45) is 3.71. The van der Waals surface area contributed by atoms with E-state index >= 15 is 0 Å². The number of benzene rings is 1. The van der Waals surface area contributed by atoms with Crippen molar-refractivity contribution in [3.63, 3.8) is 0 Å². The van der Waals surface area contributed by atoms with E-state index in [1.807, 2.05) is 6.07 Å². The van der Waals surface area contributed by atoms with Crippen LogP contribution in [0, 0.1) is 0 Å². The summed E-state index contributed by atoms with van der Waals surface area (Å²) in [6.45, 7) is 4.13. The first kappa shape index (κ1) is 17.0. The van der Waals surface area contributed by atoms with Crippen LogP contribution in [0.25, 0.3) is 0 Å². The monoisotopic (exact) mass is 330 g/mol. The molecular formula is C19H26N2O3. The summed E-state index contributed by atoms with van der Waals surface area (Å²) in [4.78, 5) is 26.6. The van der Waals surface area contributed by atoms with E-state index in [-0.39, 0.29) is 17.7 Å². The Bertz CT molecular complexity index is 596. The number of rotatable bonds is 4. The molecule has 2 aliphatic rings. The van der Waals surface area contributed by atoms with Gasteiger partial charge in [0.05, 0.1) is 13.2 Å². The number of carbonyl (C=O) groups is 2. The molecule has 1 aliphatic heterocycles. The minimum absolute atomic E-state index is 0.0179. The maximum Gasteiger partial charge on any atom is 0.245 e. The average molecular weight is 330 g/mol. The quantitative estimate of drug-likeness (QED) is 0.917. The van der Waals surface area contributed by atoms with E-state index in [9.17, 15) is 9.59 Å². The molecule has 1 aromatic carbocycles. The number of nitrogens with zero attached hydrogens (tertiary/aromatic N) is 1. The van der Waals surface area contributed by atoms with E-state index in [0.29, 0.717) is 32.7 Å². The molecule has 0 saturated carbocycles. The average Bonchev–Trinajstić information content (AvgIpc) is 2.62. The second kappa shape index (κ2) is 7.79. The van der Waals surface area contributed by atoms with E-state index in [0.717, 1.165) is 19.3 Å². The zero-order chi connectivity index (χ0) is 16.9. The second-order valence-electron chi connectivity index (χ2n) is 6.72. The summed E-state index contributed by atoms with van der Waals surface area (Å²) >= 11 is 0. The predicted molar refractivity (Wildman–Crippen MR) is 91.7 cm³/mol. The van der Waals surface area contributed by atoms with Crippen molar-refractivity contribution in [1.82, 2.24) is 10.2 Å². The maximum absolute atomic E-state index is 12.4. The van der Waals surface area contributed by atoms with Gasteiger partial charge in [-0.05, 0) is 43.2 Å². The highest BCUT2D eigenvalue weighted by molar-refractivity contribution is 5.87.